The molecule has 10 heteroatoms. The third-order valence-electron chi connectivity index (χ3n) is 4.45. The van der Waals surface area contributed by atoms with Gasteiger partial charge in [-0.3, -0.25) is 4.79 Å². The molecular formula is C17H22N4O4S2. The van der Waals surface area contributed by atoms with Gasteiger partial charge in [-0.1, -0.05) is 18.3 Å². The first kappa shape index (κ1) is 19.7. The largest absolute Gasteiger partial charge is 0.497 e. The fourth-order valence-corrected chi connectivity index (χ4v) is 5.13. The minimum atomic E-state index is -3.65. The lowest BCUT2D eigenvalue weighted by atomic mass is 9.99. The molecule has 3 rings (SSSR count). The molecule has 0 unspecified atom stereocenters. The number of benzene rings is 1. The number of anilines is 1. The summed E-state index contributed by atoms with van der Waals surface area (Å²) in [5.74, 6) is -0.0439. The summed E-state index contributed by atoms with van der Waals surface area (Å²) in [6.45, 7) is 2.52. The van der Waals surface area contributed by atoms with Crippen LogP contribution < -0.4 is 10.1 Å². The standard InChI is InChI=1S/C17H22N4O4S2/c1-3-15-19-20-17(26-15)18-16(22)12-5-4-10-21(11-12)27(23,24)14-8-6-13(25-2)7-9-14/h6-9,12H,3-5,10-11H2,1-2H3,(H,18,20,22)/t12-/m1/s1. The fourth-order valence-electron chi connectivity index (χ4n) is 2.93. The van der Waals surface area contributed by atoms with Gasteiger partial charge in [0.25, 0.3) is 0 Å². The number of ether oxygens (including phenoxy) is 1. The van der Waals surface area contributed by atoms with E-state index in [4.69, 9.17) is 4.74 Å². The van der Waals surface area contributed by atoms with E-state index in [1.807, 2.05) is 6.92 Å². The number of carbonyl (C=O) groups excluding carboxylic acids is 1. The first-order valence-electron chi connectivity index (χ1n) is 8.71. The second kappa shape index (κ2) is 8.32. The number of rotatable bonds is 6. The van der Waals surface area contributed by atoms with Crippen LogP contribution in [0.1, 0.15) is 24.8 Å². The molecule has 2 aromatic rings. The first-order chi connectivity index (χ1) is 12.9. The van der Waals surface area contributed by atoms with Gasteiger partial charge in [0.2, 0.25) is 21.1 Å². The number of aromatic nitrogens is 2. The van der Waals surface area contributed by atoms with Crippen LogP contribution in [0.4, 0.5) is 5.13 Å². The monoisotopic (exact) mass is 410 g/mol. The van der Waals surface area contributed by atoms with Crippen molar-refractivity contribution in [1.82, 2.24) is 14.5 Å². The Labute approximate surface area is 162 Å². The maximum absolute atomic E-state index is 12.9. The van der Waals surface area contributed by atoms with Crippen LogP contribution in [-0.2, 0) is 21.2 Å². The number of aryl methyl sites for hydroxylation is 1. The maximum atomic E-state index is 12.9. The molecule has 1 aliphatic heterocycles. The molecule has 27 heavy (non-hydrogen) atoms. The topological polar surface area (TPSA) is 101 Å². The zero-order valence-corrected chi connectivity index (χ0v) is 16.8. The average Bonchev–Trinajstić information content (AvgIpc) is 3.15. The molecule has 2 heterocycles. The third-order valence-corrected chi connectivity index (χ3v) is 7.31. The summed E-state index contributed by atoms with van der Waals surface area (Å²) >= 11 is 1.33. The van der Waals surface area contributed by atoms with Crippen molar-refractivity contribution in [3.8, 4) is 5.75 Å². The van der Waals surface area contributed by atoms with E-state index in [9.17, 15) is 13.2 Å². The van der Waals surface area contributed by atoms with E-state index in [-0.39, 0.29) is 17.3 Å². The van der Waals surface area contributed by atoms with E-state index >= 15 is 0 Å². The lowest BCUT2D eigenvalue weighted by molar-refractivity contribution is -0.120. The average molecular weight is 411 g/mol. The summed E-state index contributed by atoms with van der Waals surface area (Å²) in [6.07, 6.45) is 2.02. The number of amides is 1. The molecule has 0 spiro atoms. The van der Waals surface area contributed by atoms with Gasteiger partial charge in [0.1, 0.15) is 10.8 Å². The Morgan fingerprint density at radius 2 is 2.07 bits per heavy atom. The Morgan fingerprint density at radius 3 is 2.70 bits per heavy atom. The number of nitrogens with one attached hydrogen (secondary N) is 1. The summed E-state index contributed by atoms with van der Waals surface area (Å²) in [5, 5.41) is 12.0. The Hall–Kier alpha value is -2.04. The van der Waals surface area contributed by atoms with Gasteiger partial charge in [-0.25, -0.2) is 8.42 Å². The van der Waals surface area contributed by atoms with Crippen molar-refractivity contribution in [2.24, 2.45) is 5.92 Å². The molecule has 1 amide bonds. The summed E-state index contributed by atoms with van der Waals surface area (Å²) < 4.78 is 32.2. The lowest BCUT2D eigenvalue weighted by Crippen LogP contribution is -2.43. The smallest absolute Gasteiger partial charge is 0.243 e. The molecule has 0 radical (unpaired) electrons. The number of hydrogen-bond donors (Lipinski definition) is 1. The molecule has 0 aliphatic carbocycles. The van der Waals surface area contributed by atoms with Crippen molar-refractivity contribution in [2.75, 3.05) is 25.5 Å². The fraction of sp³-hybridized carbons (Fsp3) is 0.471. The van der Waals surface area contributed by atoms with E-state index < -0.39 is 15.9 Å². The molecule has 1 aliphatic rings. The highest BCUT2D eigenvalue weighted by atomic mass is 32.2. The zero-order valence-electron chi connectivity index (χ0n) is 15.2. The first-order valence-corrected chi connectivity index (χ1v) is 11.0. The Bertz CT molecular complexity index is 896. The molecule has 1 aromatic carbocycles. The van der Waals surface area contributed by atoms with Crippen LogP contribution in [0.5, 0.6) is 5.75 Å². The van der Waals surface area contributed by atoms with E-state index in [2.05, 4.69) is 15.5 Å². The van der Waals surface area contributed by atoms with Crippen LogP contribution in [0.15, 0.2) is 29.2 Å². The molecule has 0 bridgehead atoms. The highest BCUT2D eigenvalue weighted by Crippen LogP contribution is 2.26. The van der Waals surface area contributed by atoms with Gasteiger partial charge in [0, 0.05) is 13.1 Å². The van der Waals surface area contributed by atoms with Gasteiger partial charge in [-0.05, 0) is 43.5 Å². The quantitative estimate of drug-likeness (QED) is 0.783. The SMILES string of the molecule is CCc1nnc(NC(=O)[C@@H]2CCCN(S(=O)(=O)c3ccc(OC)cc3)C2)s1. The van der Waals surface area contributed by atoms with Crippen molar-refractivity contribution < 1.29 is 17.9 Å². The van der Waals surface area contributed by atoms with E-state index in [0.29, 0.717) is 30.3 Å². The highest BCUT2D eigenvalue weighted by Gasteiger charge is 2.33. The predicted molar refractivity (Wildman–Crippen MR) is 102 cm³/mol. The van der Waals surface area contributed by atoms with E-state index in [1.165, 1.54) is 34.9 Å². The van der Waals surface area contributed by atoms with Gasteiger partial charge in [-0.15, -0.1) is 10.2 Å². The second-order valence-corrected chi connectivity index (χ2v) is 9.22. The number of nitrogens with zero attached hydrogens (tertiary/aromatic N) is 3. The van der Waals surface area contributed by atoms with Crippen LogP contribution in [-0.4, -0.2) is 49.0 Å². The molecule has 1 saturated heterocycles. The normalized spacial score (nSPS) is 18.2. The van der Waals surface area contributed by atoms with Crippen LogP contribution >= 0.6 is 11.3 Å². The van der Waals surface area contributed by atoms with Crippen molar-refractivity contribution in [2.45, 2.75) is 31.1 Å². The van der Waals surface area contributed by atoms with Crippen LogP contribution in [0.3, 0.4) is 0 Å². The maximum Gasteiger partial charge on any atom is 0.243 e. The summed E-state index contributed by atoms with van der Waals surface area (Å²) in [7, 11) is -2.13. The van der Waals surface area contributed by atoms with Crippen molar-refractivity contribution >= 4 is 32.4 Å². The molecule has 1 fully saturated rings. The number of carbonyl (C=O) groups is 1. The van der Waals surface area contributed by atoms with Crippen LogP contribution in [0.2, 0.25) is 0 Å². The van der Waals surface area contributed by atoms with Gasteiger partial charge in [0.15, 0.2) is 0 Å². The van der Waals surface area contributed by atoms with Crippen molar-refractivity contribution in [3.05, 3.63) is 29.3 Å². The predicted octanol–water partition coefficient (Wildman–Crippen LogP) is 2.15. The number of piperidine rings is 1. The van der Waals surface area contributed by atoms with E-state index in [1.54, 1.807) is 12.1 Å². The third kappa shape index (κ3) is 4.45. The van der Waals surface area contributed by atoms with Crippen LogP contribution in [0.25, 0.3) is 0 Å². The van der Waals surface area contributed by atoms with Gasteiger partial charge < -0.3 is 10.1 Å². The van der Waals surface area contributed by atoms with Crippen LogP contribution in [0, 0.1) is 5.92 Å². The summed E-state index contributed by atoms with van der Waals surface area (Å²) in [5.41, 5.74) is 0. The summed E-state index contributed by atoms with van der Waals surface area (Å²) in [4.78, 5) is 12.7. The second-order valence-electron chi connectivity index (χ2n) is 6.22. The van der Waals surface area contributed by atoms with Gasteiger partial charge >= 0.3 is 0 Å². The lowest BCUT2D eigenvalue weighted by Gasteiger charge is -2.31. The Morgan fingerprint density at radius 1 is 1.33 bits per heavy atom. The molecule has 1 atom stereocenters. The zero-order chi connectivity index (χ0) is 19.4. The molecule has 146 valence electrons. The van der Waals surface area contributed by atoms with Gasteiger partial charge in [0.05, 0.1) is 17.9 Å². The number of methoxy groups -OCH3 is 1. The molecule has 8 nitrogen and oxygen atoms in total. The molecule has 1 aromatic heterocycles. The van der Waals surface area contributed by atoms with Gasteiger partial charge in [-0.2, -0.15) is 4.31 Å². The number of sulfonamides is 1. The summed E-state index contributed by atoms with van der Waals surface area (Å²) in [6, 6.07) is 6.26. The van der Waals surface area contributed by atoms with Crippen molar-refractivity contribution in [1.29, 1.82) is 0 Å². The minimum Gasteiger partial charge on any atom is -0.497 e. The molecule has 0 saturated carbocycles. The van der Waals surface area contributed by atoms with Crippen molar-refractivity contribution in [3.63, 3.8) is 0 Å². The molecule has 1 N–H and O–H groups in total. The Balaban J connectivity index is 1.69. The number of hydrogen-bond acceptors (Lipinski definition) is 7. The Kier molecular flexibility index (Phi) is 6.08. The molecular weight excluding hydrogens is 388 g/mol. The highest BCUT2D eigenvalue weighted by molar-refractivity contribution is 7.89. The minimum absolute atomic E-state index is 0.152. The van der Waals surface area contributed by atoms with E-state index in [0.717, 1.165) is 11.4 Å².